The van der Waals surface area contributed by atoms with Crippen LogP contribution in [0.2, 0.25) is 0 Å². The average molecular weight is 904 g/mol. The molecule has 5 rings (SSSR count). The predicted octanol–water partition coefficient (Wildman–Crippen LogP) is 2.21. The molecule has 1 aromatic heterocycles. The van der Waals surface area contributed by atoms with Gasteiger partial charge < -0.3 is 52.8 Å². The maximum absolute atomic E-state index is 14.7. The highest BCUT2D eigenvalue weighted by atomic mass is 16.5. The van der Waals surface area contributed by atoms with Crippen LogP contribution in [0.5, 0.6) is 11.5 Å². The molecule has 0 aliphatic carbocycles. The van der Waals surface area contributed by atoms with Crippen LogP contribution in [0, 0.1) is 23.7 Å². The summed E-state index contributed by atoms with van der Waals surface area (Å²) >= 11 is 0. The van der Waals surface area contributed by atoms with Crippen molar-refractivity contribution in [3.63, 3.8) is 0 Å². The first kappa shape index (κ1) is 50.1. The number of rotatable bonds is 16. The Morgan fingerprint density at radius 3 is 2.18 bits per heavy atom. The van der Waals surface area contributed by atoms with Crippen LogP contribution in [0.1, 0.15) is 72.9 Å². The lowest BCUT2D eigenvalue weighted by molar-refractivity contribution is -0.141. The van der Waals surface area contributed by atoms with Gasteiger partial charge in [-0.05, 0) is 79.6 Å². The lowest BCUT2D eigenvalue weighted by Crippen LogP contribution is -2.56. The molecule has 2 heterocycles. The van der Waals surface area contributed by atoms with E-state index < -0.39 is 53.7 Å². The van der Waals surface area contributed by atoms with Crippen LogP contribution >= 0.6 is 0 Å². The molecule has 3 aromatic carbocycles. The number of hydrogen-bond donors (Lipinski definition) is 7. The normalized spacial score (nSPS) is 16.6. The Balaban J connectivity index is 1.54. The first-order valence-corrected chi connectivity index (χ1v) is 21.9. The second-order valence-electron chi connectivity index (χ2n) is 17.3. The molecule has 0 saturated carbocycles. The Morgan fingerprint density at radius 1 is 0.924 bits per heavy atom. The van der Waals surface area contributed by atoms with E-state index in [1.807, 2.05) is 30.3 Å². The van der Waals surface area contributed by atoms with Gasteiger partial charge in [0.2, 0.25) is 23.6 Å². The number of fused-ring (bicyclic) bond motifs is 5. The fraction of sp³-hybridized carbons (Fsp3) is 0.417. The number of nitrogens with two attached hydrogens (primary N) is 3. The van der Waals surface area contributed by atoms with E-state index in [1.54, 1.807) is 43.3 Å². The van der Waals surface area contributed by atoms with Crippen LogP contribution in [0.4, 0.5) is 0 Å². The number of nitrogens with one attached hydrogen (secondary N) is 4. The zero-order valence-electron chi connectivity index (χ0n) is 38.4. The number of ether oxygens (including phenoxy) is 2. The van der Waals surface area contributed by atoms with Gasteiger partial charge in [0, 0.05) is 49.4 Å². The molecule has 350 valence electrons. The van der Waals surface area contributed by atoms with Crippen molar-refractivity contribution in [2.75, 3.05) is 46.4 Å². The molecule has 4 atom stereocenters. The van der Waals surface area contributed by atoms with E-state index in [2.05, 4.69) is 52.0 Å². The topological polar surface area (TPSA) is 283 Å². The average Bonchev–Trinajstić information content (AvgIpc) is 3.28. The van der Waals surface area contributed by atoms with E-state index in [1.165, 1.54) is 30.6 Å². The molecule has 66 heavy (non-hydrogen) atoms. The van der Waals surface area contributed by atoms with Gasteiger partial charge in [0.25, 0.3) is 5.91 Å². The van der Waals surface area contributed by atoms with E-state index in [0.29, 0.717) is 45.3 Å². The van der Waals surface area contributed by atoms with Crippen molar-refractivity contribution < 1.29 is 33.4 Å². The fourth-order valence-corrected chi connectivity index (χ4v) is 7.58. The van der Waals surface area contributed by atoms with Crippen molar-refractivity contribution in [1.29, 1.82) is 5.26 Å². The number of aromatic nitrogens is 2. The van der Waals surface area contributed by atoms with Crippen LogP contribution in [0.15, 0.2) is 66.9 Å². The van der Waals surface area contributed by atoms with E-state index in [-0.39, 0.29) is 63.2 Å². The number of amides is 5. The van der Waals surface area contributed by atoms with Gasteiger partial charge in [0.05, 0.1) is 17.3 Å². The zero-order valence-corrected chi connectivity index (χ0v) is 38.4. The predicted molar refractivity (Wildman–Crippen MR) is 249 cm³/mol. The van der Waals surface area contributed by atoms with E-state index in [0.717, 1.165) is 12.0 Å². The van der Waals surface area contributed by atoms with Gasteiger partial charge in [-0.25, -0.2) is 9.97 Å². The Morgan fingerprint density at radius 2 is 1.58 bits per heavy atom. The molecule has 4 aromatic rings. The summed E-state index contributed by atoms with van der Waals surface area (Å²) in [7, 11) is 1.41. The van der Waals surface area contributed by atoms with Gasteiger partial charge in [-0.2, -0.15) is 5.26 Å². The van der Waals surface area contributed by atoms with Crippen molar-refractivity contribution in [2.24, 2.45) is 22.6 Å². The second kappa shape index (κ2) is 22.8. The largest absolute Gasteiger partial charge is 0.492 e. The number of carbonyl (C=O) groups is 5. The van der Waals surface area contributed by atoms with Gasteiger partial charge in [0.1, 0.15) is 55.4 Å². The smallest absolute Gasteiger partial charge is 0.255 e. The zero-order chi connectivity index (χ0) is 48.1. The molecule has 10 N–H and O–H groups in total. The number of carbonyl (C=O) groups excluding carboxylic acids is 5. The highest BCUT2D eigenvalue weighted by Crippen LogP contribution is 2.40. The molecule has 18 nitrogen and oxygen atoms in total. The SMILES string of the molecule is Cc1nc(-c2ccc(CC(C)(C)C)cc2)ncc1C(=O)NC(CCN)C(=O)N(C)C1C(=O)NC(C)C(=O)NC(C(=O)NCC#N)Cc2ccc(OCCN)c(c2)-c2cc1ccc2OCCN. The second-order valence-corrected chi connectivity index (χ2v) is 17.3. The minimum atomic E-state index is -1.40. The van der Waals surface area contributed by atoms with Crippen molar-refractivity contribution in [1.82, 2.24) is 36.1 Å². The minimum absolute atomic E-state index is 0.000575. The number of nitrogens with zero attached hydrogens (tertiary/aromatic N) is 4. The monoisotopic (exact) mass is 903 g/mol. The standard InChI is InChI=1S/C48H61N11O7/c1-28-36(27-54-42(55-28)32-10-7-30(8-11-32)26-48(3,4)5)44(61)57-37(15-16-49)47(64)59(6)41-33-12-14-40(66-22-19-52)35(25-33)34-23-31(9-13-39(34)65-21-18-51)24-38(45(62)53-20-17-50)58-43(60)29(2)56-46(41)63/h7-14,23,25,27,29,37-38,41H,15-16,18-22,24,26,49,51-52H2,1-6H3,(H,53,62)(H,56,63)(H,57,61)(H,58,60). The van der Waals surface area contributed by atoms with Crippen molar-refractivity contribution in [3.8, 4) is 40.1 Å². The molecular weight excluding hydrogens is 843 g/mol. The minimum Gasteiger partial charge on any atom is -0.492 e. The van der Waals surface area contributed by atoms with Crippen molar-refractivity contribution in [2.45, 2.75) is 78.0 Å². The Bertz CT molecular complexity index is 2430. The molecular formula is C48H61N11O7. The van der Waals surface area contributed by atoms with E-state index >= 15 is 0 Å². The number of nitriles is 1. The third-order valence-electron chi connectivity index (χ3n) is 10.8. The molecule has 0 saturated heterocycles. The first-order valence-electron chi connectivity index (χ1n) is 21.9. The van der Waals surface area contributed by atoms with Gasteiger partial charge in [-0.1, -0.05) is 57.2 Å². The molecule has 0 spiro atoms. The molecule has 5 amide bonds. The summed E-state index contributed by atoms with van der Waals surface area (Å²) in [5.41, 5.74) is 22.2. The quantitative estimate of drug-likeness (QED) is 0.0796. The van der Waals surface area contributed by atoms with Gasteiger partial charge in [0.15, 0.2) is 5.82 Å². The Labute approximate surface area is 385 Å². The summed E-state index contributed by atoms with van der Waals surface area (Å²) in [4.78, 5) is 80.5. The molecule has 1 aliphatic heterocycles. The van der Waals surface area contributed by atoms with Crippen LogP contribution in [0.25, 0.3) is 22.5 Å². The molecule has 18 heteroatoms. The third-order valence-corrected chi connectivity index (χ3v) is 10.8. The lowest BCUT2D eigenvalue weighted by atomic mass is 9.88. The van der Waals surface area contributed by atoms with E-state index in [9.17, 15) is 24.0 Å². The van der Waals surface area contributed by atoms with Crippen LogP contribution in [0.3, 0.4) is 0 Å². The maximum atomic E-state index is 14.7. The molecule has 1 aliphatic rings. The first-order chi connectivity index (χ1) is 31.5. The van der Waals surface area contributed by atoms with Crippen LogP contribution in [-0.2, 0) is 32.0 Å². The van der Waals surface area contributed by atoms with Crippen molar-refractivity contribution in [3.05, 3.63) is 94.8 Å². The summed E-state index contributed by atoms with van der Waals surface area (Å²) in [6.45, 7) is 10.0. The molecule has 4 bridgehead atoms. The molecule has 0 radical (unpaired) electrons. The fourth-order valence-electron chi connectivity index (χ4n) is 7.58. The Hall–Kier alpha value is -6.94. The van der Waals surface area contributed by atoms with Gasteiger partial charge in [-0.3, -0.25) is 24.0 Å². The Kier molecular flexibility index (Phi) is 17.3. The maximum Gasteiger partial charge on any atom is 0.255 e. The van der Waals surface area contributed by atoms with Crippen LogP contribution < -0.4 is 47.9 Å². The summed E-state index contributed by atoms with van der Waals surface area (Å²) in [5.74, 6) is -2.16. The number of aryl methyl sites for hydroxylation is 1. The third kappa shape index (κ3) is 12.9. The van der Waals surface area contributed by atoms with Gasteiger partial charge >= 0.3 is 0 Å². The summed E-state index contributed by atoms with van der Waals surface area (Å²) in [6.07, 6.45) is 2.32. The summed E-state index contributed by atoms with van der Waals surface area (Å²) in [5, 5.41) is 19.9. The molecule has 0 fully saturated rings. The lowest BCUT2D eigenvalue weighted by Gasteiger charge is -2.32. The highest BCUT2D eigenvalue weighted by molar-refractivity contribution is 6.00. The summed E-state index contributed by atoms with van der Waals surface area (Å²) < 4.78 is 12.2. The molecule has 4 unspecified atom stereocenters. The van der Waals surface area contributed by atoms with Crippen molar-refractivity contribution >= 4 is 29.5 Å². The van der Waals surface area contributed by atoms with Crippen LogP contribution in [-0.4, -0.2) is 109 Å². The highest BCUT2D eigenvalue weighted by Gasteiger charge is 2.36. The van der Waals surface area contributed by atoms with E-state index in [4.69, 9.17) is 31.9 Å². The summed E-state index contributed by atoms with van der Waals surface area (Å²) in [6, 6.07) is 15.0. The number of hydrogen-bond acceptors (Lipinski definition) is 13. The number of benzene rings is 3. The van der Waals surface area contributed by atoms with Gasteiger partial charge in [-0.15, -0.1) is 0 Å². The number of likely N-dealkylation sites (N-methyl/N-ethyl adjacent to an activating group) is 1.